The molecule has 0 amide bonds. The molecule has 2 aromatic carbocycles. The standard InChI is InChI=1S/C39H34F10N8O2S/c40-21-4-3-19(23-20(14-50)32(52)60-30(21)23)24-26(39(47,48)49)29(58)25-28(27(24)41)55-34(56-33(25)54-22(5-6-38(44,45)46)18-2-1-11-53-31(18)51)59-17-35(7-8-35)16-57-12-9-36(10-13-57)15-37(36,42)43/h1-4,11,22,58H,5-10,12-13,15-17,52H2,(H2,51,53)(H,54,55,56)/t22-/m1/s1. The highest BCUT2D eigenvalue weighted by molar-refractivity contribution is 7.23. The van der Waals surface area contributed by atoms with Crippen LogP contribution in [0.3, 0.4) is 0 Å². The Morgan fingerprint density at radius 3 is 2.32 bits per heavy atom. The number of hydrogen-bond donors (Lipinski definition) is 4. The van der Waals surface area contributed by atoms with Gasteiger partial charge in [0.05, 0.1) is 28.3 Å². The highest BCUT2D eigenvalue weighted by Crippen LogP contribution is 2.66. The molecule has 8 rings (SSSR count). The molecule has 60 heavy (non-hydrogen) atoms. The van der Waals surface area contributed by atoms with Crippen LogP contribution < -0.4 is 21.5 Å². The number of alkyl halides is 8. The average molecular weight is 869 g/mol. The van der Waals surface area contributed by atoms with Gasteiger partial charge in [-0.3, -0.25) is 0 Å². The maximum atomic E-state index is 17.3. The number of nitrogen functional groups attached to an aromatic ring is 2. The van der Waals surface area contributed by atoms with Crippen molar-refractivity contribution in [3.63, 3.8) is 0 Å². The smallest absolute Gasteiger partial charge is 0.420 e. The molecular weight excluding hydrogens is 835 g/mol. The van der Waals surface area contributed by atoms with E-state index >= 15 is 22.0 Å². The van der Waals surface area contributed by atoms with Gasteiger partial charge in [0.1, 0.15) is 45.4 Å². The van der Waals surface area contributed by atoms with Crippen molar-refractivity contribution in [3.8, 4) is 29.0 Å². The van der Waals surface area contributed by atoms with Crippen molar-refractivity contribution in [3.05, 3.63) is 58.8 Å². The summed E-state index contributed by atoms with van der Waals surface area (Å²) in [4.78, 5) is 14.2. The predicted octanol–water partition coefficient (Wildman–Crippen LogP) is 9.72. The van der Waals surface area contributed by atoms with Crippen molar-refractivity contribution in [1.82, 2.24) is 19.9 Å². The lowest BCUT2D eigenvalue weighted by Gasteiger charge is -2.34. The number of aromatic nitrogens is 3. The Morgan fingerprint density at radius 2 is 1.72 bits per heavy atom. The maximum absolute atomic E-state index is 17.3. The first-order valence-electron chi connectivity index (χ1n) is 18.7. The third-order valence-corrected chi connectivity index (χ3v) is 12.9. The van der Waals surface area contributed by atoms with Crippen LogP contribution in [0.25, 0.3) is 32.1 Å². The van der Waals surface area contributed by atoms with Crippen molar-refractivity contribution >= 4 is 49.0 Å². The van der Waals surface area contributed by atoms with Gasteiger partial charge in [-0.25, -0.2) is 22.5 Å². The number of fused-ring (bicyclic) bond motifs is 2. The molecule has 1 atom stereocenters. The van der Waals surface area contributed by atoms with E-state index in [2.05, 4.69) is 20.3 Å². The first-order valence-corrected chi connectivity index (χ1v) is 19.5. The molecule has 6 N–H and O–H groups in total. The number of rotatable bonds is 11. The zero-order valence-electron chi connectivity index (χ0n) is 31.2. The summed E-state index contributed by atoms with van der Waals surface area (Å²) in [6.07, 6.45) is -9.47. The fourth-order valence-corrected chi connectivity index (χ4v) is 9.23. The Morgan fingerprint density at radius 1 is 1.02 bits per heavy atom. The van der Waals surface area contributed by atoms with E-state index in [4.69, 9.17) is 16.2 Å². The molecule has 4 heterocycles. The number of nitrogens with one attached hydrogen (secondary N) is 1. The third-order valence-electron chi connectivity index (χ3n) is 11.8. The molecule has 2 saturated carbocycles. The Bertz CT molecular complexity index is 2560. The topological polar surface area (TPSA) is 159 Å². The number of phenolic OH excluding ortho intramolecular Hbond substituents is 1. The molecule has 21 heteroatoms. The Labute approximate surface area is 338 Å². The van der Waals surface area contributed by atoms with E-state index in [1.807, 2.05) is 4.90 Å². The summed E-state index contributed by atoms with van der Waals surface area (Å²) in [6.45, 7) is 1.15. The molecular formula is C39H34F10N8O2S. The number of aromatic hydroxyl groups is 1. The normalized spacial score (nSPS) is 18.8. The van der Waals surface area contributed by atoms with Crippen LogP contribution >= 0.6 is 11.3 Å². The lowest BCUT2D eigenvalue weighted by Crippen LogP contribution is -2.41. The van der Waals surface area contributed by atoms with Gasteiger partial charge < -0.3 is 31.5 Å². The molecule has 0 unspecified atom stereocenters. The highest BCUT2D eigenvalue weighted by atomic mass is 32.1. The number of thiophene rings is 1. The predicted molar refractivity (Wildman–Crippen MR) is 201 cm³/mol. The number of anilines is 3. The van der Waals surface area contributed by atoms with E-state index in [9.17, 15) is 32.3 Å². The molecule has 1 aliphatic heterocycles. The molecule has 0 bridgehead atoms. The number of ether oxygens (including phenoxy) is 1. The molecule has 3 aliphatic rings. The van der Waals surface area contributed by atoms with E-state index < -0.39 is 116 Å². The van der Waals surface area contributed by atoms with Crippen LogP contribution in [0.4, 0.5) is 60.5 Å². The van der Waals surface area contributed by atoms with Crippen LogP contribution in [0, 0.1) is 33.8 Å². The minimum atomic E-state index is -5.55. The number of nitrogens with two attached hydrogens (primary N) is 2. The molecule has 0 radical (unpaired) electrons. The van der Waals surface area contributed by atoms with E-state index in [0.29, 0.717) is 56.7 Å². The summed E-state index contributed by atoms with van der Waals surface area (Å²) in [7, 11) is 0. The highest BCUT2D eigenvalue weighted by Gasteiger charge is 2.70. The summed E-state index contributed by atoms with van der Waals surface area (Å²) in [6, 6.07) is 3.81. The second kappa shape index (κ2) is 14.4. The number of halogens is 10. The van der Waals surface area contributed by atoms with Crippen LogP contribution in [0.2, 0.25) is 0 Å². The van der Waals surface area contributed by atoms with Crippen molar-refractivity contribution in [1.29, 1.82) is 5.26 Å². The molecule has 2 aliphatic carbocycles. The molecule has 10 nitrogen and oxygen atoms in total. The number of likely N-dealkylation sites (tertiary alicyclic amines) is 1. The van der Waals surface area contributed by atoms with Gasteiger partial charge in [0.25, 0.3) is 5.92 Å². The van der Waals surface area contributed by atoms with E-state index in [1.54, 1.807) is 6.07 Å². The number of benzene rings is 2. The lowest BCUT2D eigenvalue weighted by molar-refractivity contribution is -0.138. The Hall–Kier alpha value is -5.36. The molecule has 3 fully saturated rings. The quantitative estimate of drug-likeness (QED) is 0.0942. The minimum absolute atomic E-state index is 0.0272. The maximum Gasteiger partial charge on any atom is 0.420 e. The monoisotopic (exact) mass is 868 g/mol. The van der Waals surface area contributed by atoms with Gasteiger partial charge in [0, 0.05) is 52.9 Å². The number of nitriles is 1. The van der Waals surface area contributed by atoms with Crippen LogP contribution in [0.1, 0.15) is 67.7 Å². The summed E-state index contributed by atoms with van der Waals surface area (Å²) < 4.78 is 152. The van der Waals surface area contributed by atoms with Gasteiger partial charge in [-0.1, -0.05) is 12.1 Å². The second-order valence-electron chi connectivity index (χ2n) is 15.8. The largest absolute Gasteiger partial charge is 0.506 e. The fourth-order valence-electron chi connectivity index (χ4n) is 8.28. The first-order chi connectivity index (χ1) is 28.2. The summed E-state index contributed by atoms with van der Waals surface area (Å²) in [5.41, 5.74) is 5.02. The van der Waals surface area contributed by atoms with Crippen LogP contribution in [-0.2, 0) is 6.18 Å². The van der Waals surface area contributed by atoms with Gasteiger partial charge in [-0.15, -0.1) is 11.3 Å². The van der Waals surface area contributed by atoms with Crippen molar-refractivity contribution in [2.45, 2.75) is 69.3 Å². The average Bonchev–Trinajstić information content (AvgIpc) is 4.01. The summed E-state index contributed by atoms with van der Waals surface area (Å²) in [5, 5.41) is 22.4. The van der Waals surface area contributed by atoms with Gasteiger partial charge in [0.2, 0.25) is 0 Å². The van der Waals surface area contributed by atoms with E-state index in [-0.39, 0.29) is 34.1 Å². The van der Waals surface area contributed by atoms with Crippen molar-refractivity contribution < 1.29 is 53.7 Å². The van der Waals surface area contributed by atoms with Crippen LogP contribution in [0.15, 0.2) is 30.5 Å². The number of piperidine rings is 1. The number of phenols is 1. The van der Waals surface area contributed by atoms with Gasteiger partial charge in [-0.2, -0.15) is 41.6 Å². The zero-order valence-corrected chi connectivity index (χ0v) is 32.0. The summed E-state index contributed by atoms with van der Waals surface area (Å²) >= 11 is 0.539. The van der Waals surface area contributed by atoms with E-state index in [0.717, 1.165) is 12.1 Å². The van der Waals surface area contributed by atoms with Crippen LogP contribution in [0.5, 0.6) is 11.8 Å². The van der Waals surface area contributed by atoms with Gasteiger partial charge in [0.15, 0.2) is 5.82 Å². The third kappa shape index (κ3) is 7.41. The van der Waals surface area contributed by atoms with Gasteiger partial charge >= 0.3 is 18.4 Å². The molecule has 3 aromatic heterocycles. The van der Waals surface area contributed by atoms with Gasteiger partial charge in [-0.05, 0) is 62.9 Å². The SMILES string of the molecule is N#Cc1c(N)sc2c(F)ccc(-c3c(C(F)(F)F)c(O)c4c(N[C@H](CCC(F)(F)F)c5cccnc5N)nc(OCC5(CN6CCC7(CC6)CC7(F)F)CC5)nc4c3F)c12. The summed E-state index contributed by atoms with van der Waals surface area (Å²) in [5.74, 6) is -8.02. The molecule has 5 aromatic rings. The molecule has 318 valence electrons. The molecule has 1 spiro atoms. The Balaban J connectivity index is 1.26. The number of pyridine rings is 1. The first kappa shape index (κ1) is 41.4. The number of hydrogen-bond acceptors (Lipinski definition) is 11. The zero-order chi connectivity index (χ0) is 43.2. The van der Waals surface area contributed by atoms with E-state index in [1.165, 1.54) is 18.3 Å². The Kier molecular flexibility index (Phi) is 9.92. The fraction of sp³-hybridized carbons (Fsp3) is 0.436. The van der Waals surface area contributed by atoms with Crippen molar-refractivity contribution in [2.75, 3.05) is 43.0 Å². The number of nitrogens with zero attached hydrogens (tertiary/aromatic N) is 5. The molecule has 1 saturated heterocycles. The van der Waals surface area contributed by atoms with Crippen LogP contribution in [-0.4, -0.2) is 63.3 Å². The second-order valence-corrected chi connectivity index (χ2v) is 16.8. The minimum Gasteiger partial charge on any atom is -0.506 e. The lowest BCUT2D eigenvalue weighted by atomic mass is 9.91. The van der Waals surface area contributed by atoms with Crippen molar-refractivity contribution in [2.24, 2.45) is 10.8 Å².